The molecule has 17 heavy (non-hydrogen) atoms. The maximum absolute atomic E-state index is 11.0. The van der Waals surface area contributed by atoms with Gasteiger partial charge in [-0.3, -0.25) is 4.79 Å². The maximum Gasteiger partial charge on any atom is 0.321 e. The van der Waals surface area contributed by atoms with Gasteiger partial charge in [0.25, 0.3) is 0 Å². The summed E-state index contributed by atoms with van der Waals surface area (Å²) in [5.41, 5.74) is 0.990. The Bertz CT molecular complexity index is 367. The average molecular weight is 255 g/mol. The second-order valence-electron chi connectivity index (χ2n) is 4.07. The highest BCUT2D eigenvalue weighted by molar-refractivity contribution is 7.99. The standard InChI is InChI=1S/C11H17N3O2S/c1-7(2)14-9(10(15)16)6-17-11-12-4-8(3)5-13-11/h4-5,7,9,14H,6H2,1-3H3,(H,15,16). The number of aromatic nitrogens is 2. The lowest BCUT2D eigenvalue weighted by Crippen LogP contribution is -2.42. The topological polar surface area (TPSA) is 75.1 Å². The molecule has 0 spiro atoms. The summed E-state index contributed by atoms with van der Waals surface area (Å²) >= 11 is 1.34. The molecule has 0 radical (unpaired) electrons. The second-order valence-corrected chi connectivity index (χ2v) is 5.05. The Balaban J connectivity index is 2.51. The summed E-state index contributed by atoms with van der Waals surface area (Å²) in [5.74, 6) is -0.436. The Morgan fingerprint density at radius 3 is 2.53 bits per heavy atom. The largest absolute Gasteiger partial charge is 0.480 e. The van der Waals surface area contributed by atoms with Crippen molar-refractivity contribution in [3.8, 4) is 0 Å². The number of carboxylic acids is 1. The number of aliphatic carboxylic acids is 1. The Morgan fingerprint density at radius 2 is 2.06 bits per heavy atom. The molecule has 0 aromatic carbocycles. The van der Waals surface area contributed by atoms with Crippen molar-refractivity contribution in [1.29, 1.82) is 0 Å². The fraction of sp³-hybridized carbons (Fsp3) is 0.545. The first-order valence-electron chi connectivity index (χ1n) is 5.39. The monoisotopic (exact) mass is 255 g/mol. The van der Waals surface area contributed by atoms with Gasteiger partial charge in [-0.1, -0.05) is 25.6 Å². The molecule has 5 nitrogen and oxygen atoms in total. The van der Waals surface area contributed by atoms with Crippen molar-refractivity contribution in [1.82, 2.24) is 15.3 Å². The quantitative estimate of drug-likeness (QED) is 0.590. The molecule has 1 atom stereocenters. The smallest absolute Gasteiger partial charge is 0.321 e. The summed E-state index contributed by atoms with van der Waals surface area (Å²) < 4.78 is 0. The molecule has 1 aromatic heterocycles. The van der Waals surface area contributed by atoms with Crippen LogP contribution < -0.4 is 5.32 Å². The Hall–Kier alpha value is -1.14. The fourth-order valence-corrected chi connectivity index (χ4v) is 2.02. The first-order valence-corrected chi connectivity index (χ1v) is 6.38. The third kappa shape index (κ3) is 5.14. The van der Waals surface area contributed by atoms with Crippen molar-refractivity contribution in [2.75, 3.05) is 5.75 Å². The minimum absolute atomic E-state index is 0.135. The van der Waals surface area contributed by atoms with Crippen molar-refractivity contribution < 1.29 is 9.90 Å². The number of hydrogen-bond donors (Lipinski definition) is 2. The van der Waals surface area contributed by atoms with E-state index in [1.807, 2.05) is 20.8 Å². The van der Waals surface area contributed by atoms with Crippen LogP contribution in [0.3, 0.4) is 0 Å². The van der Waals surface area contributed by atoms with Crippen molar-refractivity contribution in [3.05, 3.63) is 18.0 Å². The van der Waals surface area contributed by atoms with E-state index < -0.39 is 12.0 Å². The number of thioether (sulfide) groups is 1. The lowest BCUT2D eigenvalue weighted by Gasteiger charge is -2.16. The van der Waals surface area contributed by atoms with E-state index >= 15 is 0 Å². The highest BCUT2D eigenvalue weighted by Gasteiger charge is 2.18. The second kappa shape index (κ2) is 6.56. The van der Waals surface area contributed by atoms with Crippen LogP contribution in [0.25, 0.3) is 0 Å². The Morgan fingerprint density at radius 1 is 1.47 bits per heavy atom. The van der Waals surface area contributed by atoms with E-state index in [0.29, 0.717) is 10.9 Å². The summed E-state index contributed by atoms with van der Waals surface area (Å²) in [6, 6.07) is -0.444. The van der Waals surface area contributed by atoms with Gasteiger partial charge in [0, 0.05) is 24.2 Å². The first-order chi connectivity index (χ1) is 7.99. The summed E-state index contributed by atoms with van der Waals surface area (Å²) in [7, 11) is 0. The number of aryl methyl sites for hydroxylation is 1. The van der Waals surface area contributed by atoms with Crippen LogP contribution in [0.4, 0.5) is 0 Å². The molecule has 0 saturated carbocycles. The third-order valence-corrected chi connectivity index (χ3v) is 2.94. The van der Waals surface area contributed by atoms with Gasteiger partial charge in [0.15, 0.2) is 5.16 Å². The fourth-order valence-electron chi connectivity index (χ4n) is 1.21. The van der Waals surface area contributed by atoms with Gasteiger partial charge < -0.3 is 10.4 Å². The highest BCUT2D eigenvalue weighted by atomic mass is 32.2. The third-order valence-electron chi connectivity index (χ3n) is 1.97. The van der Waals surface area contributed by atoms with E-state index in [1.165, 1.54) is 11.8 Å². The molecule has 6 heteroatoms. The molecule has 1 rings (SSSR count). The highest BCUT2D eigenvalue weighted by Crippen LogP contribution is 2.13. The van der Waals surface area contributed by atoms with E-state index in [1.54, 1.807) is 12.4 Å². The van der Waals surface area contributed by atoms with Gasteiger partial charge in [-0.05, 0) is 12.5 Å². The lowest BCUT2D eigenvalue weighted by molar-refractivity contribution is -0.139. The van der Waals surface area contributed by atoms with E-state index in [0.717, 1.165) is 5.56 Å². The lowest BCUT2D eigenvalue weighted by atomic mass is 10.3. The van der Waals surface area contributed by atoms with Crippen LogP contribution in [-0.2, 0) is 4.79 Å². The molecule has 2 N–H and O–H groups in total. The molecule has 1 aromatic rings. The number of carbonyl (C=O) groups is 1. The van der Waals surface area contributed by atoms with Crippen molar-refractivity contribution in [3.63, 3.8) is 0 Å². The van der Waals surface area contributed by atoms with Gasteiger partial charge in [0.05, 0.1) is 0 Å². The Labute approximate surface area is 105 Å². The number of rotatable bonds is 6. The van der Waals surface area contributed by atoms with E-state index in [-0.39, 0.29) is 6.04 Å². The minimum atomic E-state index is -0.849. The molecule has 1 heterocycles. The zero-order valence-electron chi connectivity index (χ0n) is 10.2. The summed E-state index contributed by atoms with van der Waals surface area (Å²) in [6.45, 7) is 5.75. The van der Waals surface area contributed by atoms with Gasteiger partial charge >= 0.3 is 5.97 Å². The van der Waals surface area contributed by atoms with Gasteiger partial charge in [-0.15, -0.1) is 0 Å². The van der Waals surface area contributed by atoms with E-state index in [4.69, 9.17) is 5.11 Å². The zero-order chi connectivity index (χ0) is 12.8. The summed E-state index contributed by atoms with van der Waals surface area (Å²) in [5, 5.41) is 12.6. The molecule has 0 saturated heterocycles. The van der Waals surface area contributed by atoms with Gasteiger partial charge in [-0.2, -0.15) is 0 Å². The number of hydrogen-bond acceptors (Lipinski definition) is 5. The van der Waals surface area contributed by atoms with E-state index in [9.17, 15) is 4.79 Å². The summed E-state index contributed by atoms with van der Waals surface area (Å²) in [4.78, 5) is 19.2. The van der Waals surface area contributed by atoms with Gasteiger partial charge in [0.1, 0.15) is 6.04 Å². The zero-order valence-corrected chi connectivity index (χ0v) is 11.0. The van der Waals surface area contributed by atoms with Gasteiger partial charge in [0.2, 0.25) is 0 Å². The minimum Gasteiger partial charge on any atom is -0.480 e. The molecule has 0 aliphatic heterocycles. The molecule has 0 aliphatic rings. The van der Waals surface area contributed by atoms with Crippen LogP contribution in [0.5, 0.6) is 0 Å². The van der Waals surface area contributed by atoms with Crippen LogP contribution in [0.1, 0.15) is 19.4 Å². The molecule has 1 unspecified atom stereocenters. The number of carboxylic acid groups (broad SMARTS) is 1. The van der Waals surface area contributed by atoms with Gasteiger partial charge in [-0.25, -0.2) is 9.97 Å². The normalized spacial score (nSPS) is 12.7. The number of nitrogens with one attached hydrogen (secondary N) is 1. The molecule has 0 bridgehead atoms. The molecular weight excluding hydrogens is 238 g/mol. The molecule has 94 valence electrons. The predicted octanol–water partition coefficient (Wildman–Crippen LogP) is 1.33. The number of nitrogens with zero attached hydrogens (tertiary/aromatic N) is 2. The van der Waals surface area contributed by atoms with Crippen LogP contribution in [0.15, 0.2) is 17.6 Å². The van der Waals surface area contributed by atoms with E-state index in [2.05, 4.69) is 15.3 Å². The van der Waals surface area contributed by atoms with Crippen LogP contribution in [0.2, 0.25) is 0 Å². The molecule has 0 fully saturated rings. The van der Waals surface area contributed by atoms with Crippen LogP contribution in [-0.4, -0.2) is 38.9 Å². The van der Waals surface area contributed by atoms with Crippen LogP contribution in [0, 0.1) is 6.92 Å². The Kier molecular flexibility index (Phi) is 5.37. The average Bonchev–Trinajstić information content (AvgIpc) is 2.25. The van der Waals surface area contributed by atoms with Crippen molar-refractivity contribution in [2.45, 2.75) is 38.0 Å². The summed E-state index contributed by atoms with van der Waals surface area (Å²) in [6.07, 6.45) is 3.45. The van der Waals surface area contributed by atoms with Crippen molar-refractivity contribution >= 4 is 17.7 Å². The van der Waals surface area contributed by atoms with Crippen molar-refractivity contribution in [2.24, 2.45) is 0 Å². The first kappa shape index (κ1) is 13.9. The van der Waals surface area contributed by atoms with Crippen LogP contribution >= 0.6 is 11.8 Å². The molecule has 0 aliphatic carbocycles. The molecular formula is C11H17N3O2S. The predicted molar refractivity (Wildman–Crippen MR) is 67.2 cm³/mol. The maximum atomic E-state index is 11.0. The SMILES string of the molecule is Cc1cnc(SCC(NC(C)C)C(=O)O)nc1. The molecule has 0 amide bonds.